The van der Waals surface area contributed by atoms with Crippen molar-refractivity contribution < 1.29 is 9.36 Å². The van der Waals surface area contributed by atoms with Gasteiger partial charge in [-0.05, 0) is 40.5 Å². The number of aryl methyl sites for hydroxylation is 1. The standard InChI is InChI=1S/C23H21N2O/c1-24-12-8-17(9-13-24)20-16-21(18-10-14-25(2)15-11-18)23(26)22(20)19-6-4-3-5-7-19/h3-16,22H,1-2H3/q+1. The quantitative estimate of drug-likeness (QED) is 0.616. The number of pyridine rings is 1. The van der Waals surface area contributed by atoms with Gasteiger partial charge in [-0.25, -0.2) is 4.57 Å². The van der Waals surface area contributed by atoms with Crippen molar-refractivity contribution in [2.24, 2.45) is 7.05 Å². The molecule has 1 aromatic carbocycles. The summed E-state index contributed by atoms with van der Waals surface area (Å²) in [6.45, 7) is 0. The summed E-state index contributed by atoms with van der Waals surface area (Å²) in [6.07, 6.45) is 14.0. The molecule has 3 heteroatoms. The highest BCUT2D eigenvalue weighted by atomic mass is 16.1. The van der Waals surface area contributed by atoms with E-state index < -0.39 is 0 Å². The van der Waals surface area contributed by atoms with E-state index in [4.69, 9.17) is 0 Å². The number of ketones is 1. The van der Waals surface area contributed by atoms with E-state index in [2.05, 4.69) is 18.2 Å². The number of Topliss-reactive ketones (excluding diaryl/α,β-unsaturated/α-hetero) is 1. The van der Waals surface area contributed by atoms with Gasteiger partial charge in [0.05, 0.1) is 5.92 Å². The smallest absolute Gasteiger partial charge is 0.175 e. The highest BCUT2D eigenvalue weighted by Gasteiger charge is 2.34. The molecule has 1 aromatic heterocycles. The van der Waals surface area contributed by atoms with Crippen molar-refractivity contribution in [1.29, 1.82) is 0 Å². The van der Waals surface area contributed by atoms with Crippen LogP contribution in [0.25, 0.3) is 5.57 Å². The third-order valence-corrected chi connectivity index (χ3v) is 4.87. The Balaban J connectivity index is 1.86. The van der Waals surface area contributed by atoms with Crippen LogP contribution in [0.1, 0.15) is 17.0 Å². The van der Waals surface area contributed by atoms with E-state index in [0.29, 0.717) is 0 Å². The molecule has 0 bridgehead atoms. The molecule has 0 radical (unpaired) electrons. The summed E-state index contributed by atoms with van der Waals surface area (Å²) in [5.41, 5.74) is 4.92. The van der Waals surface area contributed by atoms with E-state index in [-0.39, 0.29) is 11.7 Å². The zero-order chi connectivity index (χ0) is 18.1. The second-order valence-electron chi connectivity index (χ2n) is 6.73. The lowest BCUT2D eigenvalue weighted by molar-refractivity contribution is -0.671. The molecule has 0 saturated carbocycles. The molecule has 0 spiro atoms. The van der Waals surface area contributed by atoms with Crippen molar-refractivity contribution in [3.05, 3.63) is 108 Å². The van der Waals surface area contributed by atoms with Gasteiger partial charge >= 0.3 is 0 Å². The van der Waals surface area contributed by atoms with Crippen LogP contribution < -0.4 is 4.57 Å². The lowest BCUT2D eigenvalue weighted by Crippen LogP contribution is -2.26. The second-order valence-corrected chi connectivity index (χ2v) is 6.73. The summed E-state index contributed by atoms with van der Waals surface area (Å²) in [6, 6.07) is 14.2. The van der Waals surface area contributed by atoms with Gasteiger partial charge in [0.1, 0.15) is 7.05 Å². The summed E-state index contributed by atoms with van der Waals surface area (Å²) in [5, 5.41) is 0. The molecule has 128 valence electrons. The van der Waals surface area contributed by atoms with Crippen molar-refractivity contribution >= 4 is 11.4 Å². The Morgan fingerprint density at radius 2 is 1.62 bits per heavy atom. The minimum absolute atomic E-state index is 0.160. The summed E-state index contributed by atoms with van der Waals surface area (Å²) in [7, 11) is 3.97. The van der Waals surface area contributed by atoms with Crippen LogP contribution in [-0.2, 0) is 11.8 Å². The molecule has 0 fully saturated rings. The molecule has 2 aromatic rings. The van der Waals surface area contributed by atoms with Crippen LogP contribution >= 0.6 is 0 Å². The topological polar surface area (TPSA) is 24.2 Å². The van der Waals surface area contributed by atoms with Crippen molar-refractivity contribution in [2.75, 3.05) is 7.05 Å². The van der Waals surface area contributed by atoms with E-state index in [1.54, 1.807) is 0 Å². The minimum Gasteiger partial charge on any atom is -0.357 e. The number of aromatic nitrogens is 1. The van der Waals surface area contributed by atoms with Gasteiger partial charge in [-0.15, -0.1) is 0 Å². The monoisotopic (exact) mass is 341 g/mol. The maximum absolute atomic E-state index is 13.3. The number of rotatable bonds is 2. The fraction of sp³-hybridized carbons (Fsp3) is 0.130. The molecule has 2 aliphatic rings. The van der Waals surface area contributed by atoms with Crippen molar-refractivity contribution in [1.82, 2.24) is 4.90 Å². The zero-order valence-corrected chi connectivity index (χ0v) is 15.0. The van der Waals surface area contributed by atoms with Gasteiger partial charge < -0.3 is 4.90 Å². The Morgan fingerprint density at radius 3 is 2.27 bits per heavy atom. The Kier molecular flexibility index (Phi) is 4.13. The fourth-order valence-corrected chi connectivity index (χ4v) is 3.43. The molecule has 26 heavy (non-hydrogen) atoms. The van der Waals surface area contributed by atoms with E-state index >= 15 is 0 Å². The first-order valence-electron chi connectivity index (χ1n) is 8.72. The van der Waals surface area contributed by atoms with E-state index in [1.807, 2.05) is 90.8 Å². The third kappa shape index (κ3) is 2.93. The summed E-state index contributed by atoms with van der Waals surface area (Å²) >= 11 is 0. The van der Waals surface area contributed by atoms with E-state index in [1.165, 1.54) is 0 Å². The number of hydrogen-bond donors (Lipinski definition) is 0. The van der Waals surface area contributed by atoms with E-state index in [9.17, 15) is 4.79 Å². The maximum Gasteiger partial charge on any atom is 0.175 e. The molecule has 4 rings (SSSR count). The average molecular weight is 341 g/mol. The first-order chi connectivity index (χ1) is 12.6. The Hall–Kier alpha value is -3.20. The Morgan fingerprint density at radius 1 is 0.962 bits per heavy atom. The molecule has 3 nitrogen and oxygen atoms in total. The van der Waals surface area contributed by atoms with Crippen LogP contribution in [0.4, 0.5) is 0 Å². The molecule has 1 aliphatic carbocycles. The number of carbonyl (C=O) groups excluding carboxylic acids is 1. The van der Waals surface area contributed by atoms with Gasteiger partial charge in [-0.2, -0.15) is 0 Å². The molecule has 1 unspecified atom stereocenters. The SMILES string of the molecule is CN1C=CC(=C2C=C(c3cc[n+](C)cc3)C(c3ccccc3)C2=O)C=C1. The zero-order valence-electron chi connectivity index (χ0n) is 15.0. The predicted molar refractivity (Wildman–Crippen MR) is 103 cm³/mol. The van der Waals surface area contributed by atoms with Crippen LogP contribution in [0.3, 0.4) is 0 Å². The fourth-order valence-electron chi connectivity index (χ4n) is 3.43. The summed E-state index contributed by atoms with van der Waals surface area (Å²) in [5.74, 6) is -0.0962. The first kappa shape index (κ1) is 16.3. The largest absolute Gasteiger partial charge is 0.357 e. The Bertz CT molecular complexity index is 947. The van der Waals surface area contributed by atoms with Crippen LogP contribution in [-0.4, -0.2) is 17.7 Å². The normalized spacial score (nSPS) is 19.3. The molecule has 1 atom stereocenters. The van der Waals surface area contributed by atoms with Gasteiger partial charge in [0.2, 0.25) is 0 Å². The summed E-state index contributed by atoms with van der Waals surface area (Å²) < 4.78 is 2.00. The van der Waals surface area contributed by atoms with Gasteiger partial charge in [0, 0.05) is 37.2 Å². The van der Waals surface area contributed by atoms with Crippen LogP contribution in [0.15, 0.2) is 96.6 Å². The number of nitrogens with zero attached hydrogens (tertiary/aromatic N) is 2. The van der Waals surface area contributed by atoms with E-state index in [0.717, 1.165) is 27.8 Å². The van der Waals surface area contributed by atoms with Crippen molar-refractivity contribution in [3.8, 4) is 0 Å². The van der Waals surface area contributed by atoms with Gasteiger partial charge in [-0.3, -0.25) is 4.79 Å². The van der Waals surface area contributed by atoms with Crippen molar-refractivity contribution in [3.63, 3.8) is 0 Å². The summed E-state index contributed by atoms with van der Waals surface area (Å²) in [4.78, 5) is 15.3. The molecule has 0 amide bonds. The molecular weight excluding hydrogens is 320 g/mol. The highest BCUT2D eigenvalue weighted by Crippen LogP contribution is 2.42. The van der Waals surface area contributed by atoms with Gasteiger partial charge in [0.15, 0.2) is 18.2 Å². The second kappa shape index (κ2) is 6.60. The van der Waals surface area contributed by atoms with Crippen LogP contribution in [0.2, 0.25) is 0 Å². The first-order valence-corrected chi connectivity index (χ1v) is 8.72. The predicted octanol–water partition coefficient (Wildman–Crippen LogP) is 3.53. The Labute approximate surface area is 153 Å². The molecular formula is C23H21N2O+. The molecule has 0 saturated heterocycles. The van der Waals surface area contributed by atoms with Gasteiger partial charge in [-0.1, -0.05) is 30.3 Å². The number of allylic oxidation sites excluding steroid dienone is 6. The van der Waals surface area contributed by atoms with Crippen LogP contribution in [0.5, 0.6) is 0 Å². The number of carbonyl (C=O) groups is 1. The third-order valence-electron chi connectivity index (χ3n) is 4.87. The average Bonchev–Trinajstić information content (AvgIpc) is 3.01. The highest BCUT2D eigenvalue weighted by molar-refractivity contribution is 6.17. The van der Waals surface area contributed by atoms with Gasteiger partial charge in [0.25, 0.3) is 0 Å². The number of benzene rings is 1. The van der Waals surface area contributed by atoms with Crippen molar-refractivity contribution in [2.45, 2.75) is 5.92 Å². The lowest BCUT2D eigenvalue weighted by Gasteiger charge is -2.15. The molecule has 2 heterocycles. The number of hydrogen-bond acceptors (Lipinski definition) is 2. The van der Waals surface area contributed by atoms with Crippen LogP contribution in [0, 0.1) is 0 Å². The molecule has 1 aliphatic heterocycles. The minimum atomic E-state index is -0.257. The maximum atomic E-state index is 13.3. The molecule has 0 N–H and O–H groups in total. The lowest BCUT2D eigenvalue weighted by atomic mass is 9.87.